The second kappa shape index (κ2) is 5.96. The zero-order valence-electron chi connectivity index (χ0n) is 10.2. The van der Waals surface area contributed by atoms with E-state index >= 15 is 0 Å². The second-order valence-electron chi connectivity index (χ2n) is 4.76. The molecular weight excluding hydrogens is 184 g/mol. The SMILES string of the molecule is CCCC(N)c1ccn(CCC(C)C)c1. The molecule has 15 heavy (non-hydrogen) atoms. The first kappa shape index (κ1) is 12.3. The van der Waals surface area contributed by atoms with Crippen LogP contribution in [0.25, 0.3) is 0 Å². The molecule has 0 amide bonds. The van der Waals surface area contributed by atoms with Crippen molar-refractivity contribution in [3.63, 3.8) is 0 Å². The van der Waals surface area contributed by atoms with E-state index in [0.717, 1.165) is 25.3 Å². The van der Waals surface area contributed by atoms with E-state index < -0.39 is 0 Å². The predicted molar refractivity (Wildman–Crippen MR) is 65.7 cm³/mol. The van der Waals surface area contributed by atoms with Gasteiger partial charge in [0.2, 0.25) is 0 Å². The van der Waals surface area contributed by atoms with Crippen LogP contribution in [-0.4, -0.2) is 4.57 Å². The molecule has 2 nitrogen and oxygen atoms in total. The molecule has 2 N–H and O–H groups in total. The summed E-state index contributed by atoms with van der Waals surface area (Å²) in [5.41, 5.74) is 7.34. The number of nitrogens with zero attached hydrogens (tertiary/aromatic N) is 1. The Morgan fingerprint density at radius 1 is 1.33 bits per heavy atom. The topological polar surface area (TPSA) is 30.9 Å². The molecule has 2 heteroatoms. The van der Waals surface area contributed by atoms with E-state index in [9.17, 15) is 0 Å². The maximum Gasteiger partial charge on any atom is 0.0309 e. The molecule has 0 aliphatic carbocycles. The number of nitrogens with two attached hydrogens (primary N) is 1. The van der Waals surface area contributed by atoms with Crippen LogP contribution in [0.1, 0.15) is 51.6 Å². The van der Waals surface area contributed by atoms with E-state index in [1.54, 1.807) is 0 Å². The number of rotatable bonds is 6. The summed E-state index contributed by atoms with van der Waals surface area (Å²) in [5, 5.41) is 0. The predicted octanol–water partition coefficient (Wildman–Crippen LogP) is 3.33. The fourth-order valence-corrected chi connectivity index (χ4v) is 1.70. The minimum absolute atomic E-state index is 0.218. The summed E-state index contributed by atoms with van der Waals surface area (Å²) in [5.74, 6) is 0.764. The van der Waals surface area contributed by atoms with Crippen molar-refractivity contribution >= 4 is 0 Å². The number of hydrogen-bond acceptors (Lipinski definition) is 1. The van der Waals surface area contributed by atoms with Gasteiger partial charge in [0.25, 0.3) is 0 Å². The third kappa shape index (κ3) is 4.08. The normalized spacial score (nSPS) is 13.4. The van der Waals surface area contributed by atoms with E-state index in [4.69, 9.17) is 5.73 Å². The smallest absolute Gasteiger partial charge is 0.0309 e. The van der Waals surface area contributed by atoms with Gasteiger partial charge in [0.15, 0.2) is 0 Å². The Kier molecular flexibility index (Phi) is 4.89. The Morgan fingerprint density at radius 2 is 2.07 bits per heavy atom. The molecule has 0 bridgehead atoms. The summed E-state index contributed by atoms with van der Waals surface area (Å²) >= 11 is 0. The molecule has 1 rings (SSSR count). The summed E-state index contributed by atoms with van der Waals surface area (Å²) in [7, 11) is 0. The van der Waals surface area contributed by atoms with E-state index in [1.807, 2.05) is 0 Å². The lowest BCUT2D eigenvalue weighted by Crippen LogP contribution is -2.08. The molecule has 0 aliphatic rings. The molecule has 86 valence electrons. The van der Waals surface area contributed by atoms with Gasteiger partial charge in [-0.1, -0.05) is 27.2 Å². The average Bonchev–Trinajstić information content (AvgIpc) is 2.63. The first-order valence-corrected chi connectivity index (χ1v) is 6.04. The van der Waals surface area contributed by atoms with Crippen molar-refractivity contribution in [2.45, 2.75) is 52.6 Å². The van der Waals surface area contributed by atoms with Crippen LogP contribution in [0.15, 0.2) is 18.5 Å². The molecule has 0 fully saturated rings. The minimum Gasteiger partial charge on any atom is -0.354 e. The average molecular weight is 208 g/mol. The Morgan fingerprint density at radius 3 is 2.67 bits per heavy atom. The monoisotopic (exact) mass is 208 g/mol. The number of aryl methyl sites for hydroxylation is 1. The van der Waals surface area contributed by atoms with E-state index in [-0.39, 0.29) is 6.04 Å². The maximum absolute atomic E-state index is 6.06. The molecule has 1 aromatic rings. The van der Waals surface area contributed by atoms with E-state index in [1.165, 1.54) is 12.0 Å². The van der Waals surface area contributed by atoms with Crippen molar-refractivity contribution in [3.05, 3.63) is 24.0 Å². The van der Waals surface area contributed by atoms with Gasteiger partial charge in [-0.3, -0.25) is 0 Å². The van der Waals surface area contributed by atoms with Gasteiger partial charge < -0.3 is 10.3 Å². The van der Waals surface area contributed by atoms with Crippen LogP contribution in [0.2, 0.25) is 0 Å². The molecule has 0 radical (unpaired) electrons. The highest BCUT2D eigenvalue weighted by Crippen LogP contribution is 2.16. The van der Waals surface area contributed by atoms with Crippen molar-refractivity contribution in [2.24, 2.45) is 11.7 Å². The third-order valence-corrected chi connectivity index (χ3v) is 2.77. The Labute approximate surface area is 93.5 Å². The summed E-state index contributed by atoms with van der Waals surface area (Å²) in [6, 6.07) is 2.37. The molecule has 0 aromatic carbocycles. The molecule has 0 saturated carbocycles. The minimum atomic E-state index is 0.218. The number of aromatic nitrogens is 1. The largest absolute Gasteiger partial charge is 0.354 e. The van der Waals surface area contributed by atoms with Crippen molar-refractivity contribution in [2.75, 3.05) is 0 Å². The molecule has 1 aromatic heterocycles. The highest BCUT2D eigenvalue weighted by atomic mass is 14.9. The highest BCUT2D eigenvalue weighted by molar-refractivity contribution is 5.14. The van der Waals surface area contributed by atoms with Crippen LogP contribution < -0.4 is 5.73 Å². The molecular formula is C13H24N2. The van der Waals surface area contributed by atoms with Gasteiger partial charge in [-0.05, 0) is 30.4 Å². The zero-order valence-corrected chi connectivity index (χ0v) is 10.2. The quantitative estimate of drug-likeness (QED) is 0.763. The van der Waals surface area contributed by atoms with Crippen LogP contribution in [0.3, 0.4) is 0 Å². The molecule has 1 heterocycles. The second-order valence-corrected chi connectivity index (χ2v) is 4.76. The van der Waals surface area contributed by atoms with Crippen molar-refractivity contribution in [1.29, 1.82) is 0 Å². The summed E-state index contributed by atoms with van der Waals surface area (Å²) < 4.78 is 2.25. The highest BCUT2D eigenvalue weighted by Gasteiger charge is 2.06. The Hall–Kier alpha value is -0.760. The Bertz CT molecular complexity index is 276. The first-order chi connectivity index (χ1) is 7.13. The summed E-state index contributed by atoms with van der Waals surface area (Å²) in [4.78, 5) is 0. The lowest BCUT2D eigenvalue weighted by atomic mass is 10.1. The standard InChI is InChI=1S/C13H24N2/c1-4-5-13(14)12-7-9-15(10-12)8-6-11(2)3/h7,9-11,13H,4-6,8,14H2,1-3H3. The van der Waals surface area contributed by atoms with Crippen molar-refractivity contribution in [3.8, 4) is 0 Å². The molecule has 1 atom stereocenters. The molecule has 0 saturated heterocycles. The van der Waals surface area contributed by atoms with Crippen LogP contribution in [0.5, 0.6) is 0 Å². The fourth-order valence-electron chi connectivity index (χ4n) is 1.70. The van der Waals surface area contributed by atoms with E-state index in [2.05, 4.69) is 43.8 Å². The maximum atomic E-state index is 6.06. The molecule has 0 aliphatic heterocycles. The van der Waals surface area contributed by atoms with Crippen molar-refractivity contribution in [1.82, 2.24) is 4.57 Å². The van der Waals surface area contributed by atoms with Gasteiger partial charge in [-0.25, -0.2) is 0 Å². The third-order valence-electron chi connectivity index (χ3n) is 2.77. The van der Waals surface area contributed by atoms with Crippen LogP contribution in [-0.2, 0) is 6.54 Å². The van der Waals surface area contributed by atoms with Crippen LogP contribution in [0.4, 0.5) is 0 Å². The van der Waals surface area contributed by atoms with Gasteiger partial charge in [0.05, 0.1) is 0 Å². The molecule has 0 spiro atoms. The zero-order chi connectivity index (χ0) is 11.3. The lowest BCUT2D eigenvalue weighted by Gasteiger charge is -2.08. The van der Waals surface area contributed by atoms with Gasteiger partial charge in [-0.15, -0.1) is 0 Å². The van der Waals surface area contributed by atoms with Gasteiger partial charge in [0.1, 0.15) is 0 Å². The molecule has 1 unspecified atom stereocenters. The van der Waals surface area contributed by atoms with E-state index in [0.29, 0.717) is 0 Å². The van der Waals surface area contributed by atoms with Gasteiger partial charge in [-0.2, -0.15) is 0 Å². The van der Waals surface area contributed by atoms with Crippen molar-refractivity contribution < 1.29 is 0 Å². The lowest BCUT2D eigenvalue weighted by molar-refractivity contribution is 0.516. The summed E-state index contributed by atoms with van der Waals surface area (Å²) in [6.45, 7) is 7.80. The van der Waals surface area contributed by atoms with Gasteiger partial charge >= 0.3 is 0 Å². The van der Waals surface area contributed by atoms with Gasteiger partial charge in [0, 0.05) is 25.0 Å². The van der Waals surface area contributed by atoms with Crippen LogP contribution in [0, 0.1) is 5.92 Å². The first-order valence-electron chi connectivity index (χ1n) is 6.04. The number of hydrogen-bond donors (Lipinski definition) is 1. The van der Waals surface area contributed by atoms with Crippen LogP contribution >= 0.6 is 0 Å². The fraction of sp³-hybridized carbons (Fsp3) is 0.692. The Balaban J connectivity index is 2.48. The summed E-state index contributed by atoms with van der Waals surface area (Å²) in [6.07, 6.45) is 7.81.